The maximum atomic E-state index is 12.5. The molecule has 1 aromatic carbocycles. The molecule has 0 aliphatic carbocycles. The monoisotopic (exact) mass is 316 g/mol. The zero-order valence-corrected chi connectivity index (χ0v) is 13.2. The van der Waals surface area contributed by atoms with Gasteiger partial charge in [0.1, 0.15) is 5.82 Å². The highest BCUT2D eigenvalue weighted by Crippen LogP contribution is 2.32. The number of aryl methyl sites for hydroxylation is 1. The molecule has 2 heterocycles. The van der Waals surface area contributed by atoms with Crippen molar-refractivity contribution in [1.29, 1.82) is 0 Å². The second-order valence-corrected chi connectivity index (χ2v) is 6.18. The predicted octanol–water partition coefficient (Wildman–Crippen LogP) is 1.74. The number of fused-ring (bicyclic) bond motifs is 1. The molecule has 0 radical (unpaired) electrons. The largest absolute Gasteiger partial charge is 0.337 e. The van der Waals surface area contributed by atoms with E-state index in [-0.39, 0.29) is 11.8 Å². The van der Waals surface area contributed by atoms with E-state index in [1.165, 1.54) is 11.8 Å². The van der Waals surface area contributed by atoms with Crippen LogP contribution in [0.1, 0.15) is 16.2 Å². The summed E-state index contributed by atoms with van der Waals surface area (Å²) >= 11 is 1.45. The van der Waals surface area contributed by atoms with E-state index < -0.39 is 0 Å². The van der Waals surface area contributed by atoms with Crippen molar-refractivity contribution in [2.24, 2.45) is 7.05 Å². The zero-order chi connectivity index (χ0) is 15.7. The van der Waals surface area contributed by atoms with Crippen LogP contribution in [0.5, 0.6) is 0 Å². The number of nitrogens with zero attached hydrogens (tertiary/aromatic N) is 3. The fraction of sp³-hybridized carbons (Fsp3) is 0.267. The Morgan fingerprint density at radius 2 is 2.32 bits per heavy atom. The average Bonchev–Trinajstić information content (AvgIpc) is 2.91. The molecular weight excluding hydrogens is 300 g/mol. The summed E-state index contributed by atoms with van der Waals surface area (Å²) in [5, 5.41) is 2.80. The third-order valence-electron chi connectivity index (χ3n) is 3.51. The quantitative estimate of drug-likeness (QED) is 0.936. The molecular formula is C15H16N4O2S. The summed E-state index contributed by atoms with van der Waals surface area (Å²) in [7, 11) is 3.66. The van der Waals surface area contributed by atoms with Crippen molar-refractivity contribution in [3.8, 4) is 0 Å². The van der Waals surface area contributed by atoms with Gasteiger partial charge in [-0.25, -0.2) is 4.98 Å². The molecule has 0 fully saturated rings. The Bertz CT molecular complexity index is 741. The van der Waals surface area contributed by atoms with Crippen molar-refractivity contribution in [3.05, 3.63) is 42.0 Å². The fourth-order valence-corrected chi connectivity index (χ4v) is 3.10. The van der Waals surface area contributed by atoms with Gasteiger partial charge >= 0.3 is 0 Å². The van der Waals surface area contributed by atoms with Gasteiger partial charge in [0.15, 0.2) is 0 Å². The summed E-state index contributed by atoms with van der Waals surface area (Å²) < 4.78 is 1.89. The Labute approximate surface area is 132 Å². The van der Waals surface area contributed by atoms with Crippen molar-refractivity contribution in [2.75, 3.05) is 18.1 Å². The fourth-order valence-electron chi connectivity index (χ4n) is 2.26. The van der Waals surface area contributed by atoms with Crippen LogP contribution in [0.3, 0.4) is 0 Å². The Morgan fingerprint density at radius 3 is 3.05 bits per heavy atom. The maximum absolute atomic E-state index is 12.5. The highest BCUT2D eigenvalue weighted by Gasteiger charge is 2.19. The third kappa shape index (κ3) is 2.85. The van der Waals surface area contributed by atoms with Gasteiger partial charge in [-0.2, -0.15) is 0 Å². The van der Waals surface area contributed by atoms with Gasteiger partial charge in [-0.15, -0.1) is 11.8 Å². The van der Waals surface area contributed by atoms with Crippen molar-refractivity contribution in [2.45, 2.75) is 11.4 Å². The van der Waals surface area contributed by atoms with Crippen LogP contribution in [0.2, 0.25) is 0 Å². The van der Waals surface area contributed by atoms with E-state index >= 15 is 0 Å². The molecule has 2 amide bonds. The van der Waals surface area contributed by atoms with Crippen LogP contribution in [0.4, 0.5) is 5.69 Å². The minimum atomic E-state index is -0.0664. The number of carbonyl (C=O) groups excluding carboxylic acids is 2. The summed E-state index contributed by atoms with van der Waals surface area (Å²) in [4.78, 5) is 30.7. The molecule has 1 aromatic heterocycles. The van der Waals surface area contributed by atoms with Crippen LogP contribution in [-0.4, -0.2) is 39.1 Å². The van der Waals surface area contributed by atoms with Crippen LogP contribution in [0.25, 0.3) is 0 Å². The van der Waals surface area contributed by atoms with Gasteiger partial charge in [-0.1, -0.05) is 0 Å². The topological polar surface area (TPSA) is 67.2 Å². The molecule has 22 heavy (non-hydrogen) atoms. The summed E-state index contributed by atoms with van der Waals surface area (Å²) in [6.07, 6.45) is 3.57. The molecule has 1 aliphatic rings. The number of anilines is 1. The van der Waals surface area contributed by atoms with Crippen molar-refractivity contribution >= 4 is 29.3 Å². The van der Waals surface area contributed by atoms with Crippen LogP contribution in [0, 0.1) is 0 Å². The second-order valence-electron chi connectivity index (χ2n) is 5.16. The van der Waals surface area contributed by atoms with Crippen LogP contribution in [0.15, 0.2) is 35.5 Å². The molecule has 0 saturated heterocycles. The Morgan fingerprint density at radius 1 is 1.50 bits per heavy atom. The van der Waals surface area contributed by atoms with Gasteiger partial charge in [-0.05, 0) is 18.2 Å². The van der Waals surface area contributed by atoms with E-state index in [2.05, 4.69) is 10.3 Å². The van der Waals surface area contributed by atoms with Gasteiger partial charge in [-0.3, -0.25) is 9.59 Å². The maximum Gasteiger partial charge on any atom is 0.254 e. The number of carbonyl (C=O) groups is 2. The Balaban J connectivity index is 1.77. The number of hydrogen-bond donors (Lipinski definition) is 1. The second kappa shape index (κ2) is 5.84. The van der Waals surface area contributed by atoms with E-state index in [9.17, 15) is 9.59 Å². The van der Waals surface area contributed by atoms with E-state index in [0.29, 0.717) is 17.9 Å². The zero-order valence-electron chi connectivity index (χ0n) is 12.4. The van der Waals surface area contributed by atoms with Crippen LogP contribution < -0.4 is 5.32 Å². The van der Waals surface area contributed by atoms with E-state index in [1.54, 1.807) is 30.3 Å². The molecule has 3 rings (SSSR count). The molecule has 0 saturated carbocycles. The van der Waals surface area contributed by atoms with Crippen molar-refractivity contribution in [3.63, 3.8) is 0 Å². The first kappa shape index (κ1) is 14.6. The smallest absolute Gasteiger partial charge is 0.254 e. The van der Waals surface area contributed by atoms with Crippen LogP contribution >= 0.6 is 11.8 Å². The molecule has 2 aromatic rings. The molecule has 0 bridgehead atoms. The lowest BCUT2D eigenvalue weighted by Crippen LogP contribution is -2.28. The van der Waals surface area contributed by atoms with E-state index in [1.807, 2.05) is 23.9 Å². The molecule has 0 atom stereocenters. The Kier molecular flexibility index (Phi) is 3.89. The number of thioether (sulfide) groups is 1. The van der Waals surface area contributed by atoms with Gasteiger partial charge in [0.2, 0.25) is 5.91 Å². The SMILES string of the molecule is CN(Cc1nccn1C)C(=O)c1ccc2c(c1)SCC(=O)N2. The van der Waals surface area contributed by atoms with Gasteiger partial charge in [0, 0.05) is 36.9 Å². The normalized spacial score (nSPS) is 13.5. The molecule has 6 nitrogen and oxygen atoms in total. The molecule has 1 N–H and O–H groups in total. The number of aromatic nitrogens is 2. The minimum absolute atomic E-state index is 0.0107. The third-order valence-corrected chi connectivity index (χ3v) is 4.56. The first-order valence-corrected chi connectivity index (χ1v) is 7.81. The molecule has 0 unspecified atom stereocenters. The Hall–Kier alpha value is -2.28. The molecule has 7 heteroatoms. The number of benzene rings is 1. The average molecular weight is 316 g/mol. The summed E-state index contributed by atoms with van der Waals surface area (Å²) in [6, 6.07) is 5.35. The molecule has 0 spiro atoms. The minimum Gasteiger partial charge on any atom is -0.337 e. The van der Waals surface area contributed by atoms with Crippen molar-refractivity contribution in [1.82, 2.24) is 14.5 Å². The molecule has 1 aliphatic heterocycles. The highest BCUT2D eigenvalue weighted by atomic mass is 32.2. The number of hydrogen-bond acceptors (Lipinski definition) is 4. The van der Waals surface area contributed by atoms with E-state index in [4.69, 9.17) is 0 Å². The lowest BCUT2D eigenvalue weighted by Gasteiger charge is -2.20. The first-order chi connectivity index (χ1) is 10.5. The number of imidazole rings is 1. The number of nitrogens with one attached hydrogen (secondary N) is 1. The van der Waals surface area contributed by atoms with E-state index in [0.717, 1.165) is 16.4 Å². The standard InChI is InChI=1S/C15H16N4O2S/c1-18-6-5-16-13(18)8-19(2)15(21)10-3-4-11-12(7-10)22-9-14(20)17-11/h3-7H,8-9H2,1-2H3,(H,17,20). The van der Waals surface area contributed by atoms with Crippen LogP contribution in [-0.2, 0) is 18.4 Å². The summed E-state index contributed by atoms with van der Waals surface area (Å²) in [5.74, 6) is 1.13. The summed E-state index contributed by atoms with van der Waals surface area (Å²) in [5.41, 5.74) is 1.38. The predicted molar refractivity (Wildman–Crippen MR) is 84.8 cm³/mol. The number of amides is 2. The van der Waals surface area contributed by atoms with Gasteiger partial charge in [0.25, 0.3) is 5.91 Å². The van der Waals surface area contributed by atoms with Gasteiger partial charge < -0.3 is 14.8 Å². The first-order valence-electron chi connectivity index (χ1n) is 6.83. The lowest BCUT2D eigenvalue weighted by atomic mass is 10.1. The van der Waals surface area contributed by atoms with Gasteiger partial charge in [0.05, 0.1) is 18.0 Å². The summed E-state index contributed by atoms with van der Waals surface area (Å²) in [6.45, 7) is 0.448. The molecule has 114 valence electrons. The van der Waals surface area contributed by atoms with Crippen molar-refractivity contribution < 1.29 is 9.59 Å². The number of rotatable bonds is 3. The lowest BCUT2D eigenvalue weighted by molar-refractivity contribution is -0.113. The highest BCUT2D eigenvalue weighted by molar-refractivity contribution is 8.00.